The van der Waals surface area contributed by atoms with Crippen molar-refractivity contribution in [2.75, 3.05) is 18.4 Å². The first kappa shape index (κ1) is 18.1. The summed E-state index contributed by atoms with van der Waals surface area (Å²) in [5.41, 5.74) is 4.36. The lowest BCUT2D eigenvalue weighted by atomic mass is 10.1. The predicted octanol–water partition coefficient (Wildman–Crippen LogP) is 3.05. The average molecular weight is 362 g/mol. The molecule has 2 aromatic heterocycles. The maximum Gasteiger partial charge on any atom is 0.226 e. The number of piperidine rings is 1. The lowest BCUT2D eigenvalue weighted by molar-refractivity contribution is -0.116. The normalized spacial score (nSPS) is 15.5. The fraction of sp³-hybridized carbons (Fsp3) is 0.611. The number of hydrogen-bond donors (Lipinski definition) is 1. The second kappa shape index (κ2) is 8.10. The highest BCUT2D eigenvalue weighted by Crippen LogP contribution is 2.20. The van der Waals surface area contributed by atoms with Gasteiger partial charge in [-0.3, -0.25) is 14.4 Å². The Morgan fingerprint density at radius 1 is 1.28 bits per heavy atom. The number of rotatable bonds is 6. The molecule has 2 aromatic rings. The maximum atomic E-state index is 12.2. The summed E-state index contributed by atoms with van der Waals surface area (Å²) in [6, 6.07) is 0. The van der Waals surface area contributed by atoms with E-state index in [-0.39, 0.29) is 5.91 Å². The third-order valence-corrected chi connectivity index (χ3v) is 5.70. The maximum absolute atomic E-state index is 12.2. The van der Waals surface area contributed by atoms with Crippen molar-refractivity contribution in [3.63, 3.8) is 0 Å². The second-order valence-electron chi connectivity index (χ2n) is 6.80. The zero-order chi connectivity index (χ0) is 17.8. The van der Waals surface area contributed by atoms with Crippen molar-refractivity contribution in [3.8, 4) is 0 Å². The first-order valence-corrected chi connectivity index (χ1v) is 9.86. The van der Waals surface area contributed by atoms with E-state index in [9.17, 15) is 4.79 Å². The number of nitrogens with one attached hydrogen (secondary N) is 1. The summed E-state index contributed by atoms with van der Waals surface area (Å²) in [5, 5.41) is 10.1. The van der Waals surface area contributed by atoms with Crippen molar-refractivity contribution >= 4 is 22.4 Å². The van der Waals surface area contributed by atoms with Crippen LogP contribution in [0.4, 0.5) is 5.13 Å². The molecule has 0 spiro atoms. The van der Waals surface area contributed by atoms with E-state index < -0.39 is 0 Å². The lowest BCUT2D eigenvalue weighted by Gasteiger charge is -2.25. The minimum Gasteiger partial charge on any atom is -0.302 e. The van der Waals surface area contributed by atoms with Crippen LogP contribution in [-0.4, -0.2) is 38.7 Å². The smallest absolute Gasteiger partial charge is 0.226 e. The number of hydrogen-bond acceptors (Lipinski definition) is 5. The van der Waals surface area contributed by atoms with Crippen molar-refractivity contribution < 1.29 is 4.79 Å². The predicted molar refractivity (Wildman–Crippen MR) is 101 cm³/mol. The zero-order valence-electron chi connectivity index (χ0n) is 15.3. The molecule has 3 rings (SSSR count). The van der Waals surface area contributed by atoms with Gasteiger partial charge in [0.25, 0.3) is 0 Å². The molecule has 0 unspecified atom stereocenters. The third-order valence-electron chi connectivity index (χ3n) is 4.89. The molecule has 1 aliphatic rings. The fourth-order valence-electron chi connectivity index (χ4n) is 3.38. The van der Waals surface area contributed by atoms with Gasteiger partial charge in [-0.05, 0) is 51.8 Å². The quantitative estimate of drug-likeness (QED) is 0.859. The van der Waals surface area contributed by atoms with Gasteiger partial charge in [0.15, 0.2) is 5.13 Å². The van der Waals surface area contributed by atoms with Crippen molar-refractivity contribution in [1.29, 1.82) is 0 Å². The van der Waals surface area contributed by atoms with Crippen LogP contribution in [-0.2, 0) is 24.8 Å². The molecule has 0 aliphatic carbocycles. The Balaban J connectivity index is 1.49. The van der Waals surface area contributed by atoms with Crippen LogP contribution in [0.5, 0.6) is 0 Å². The number of amides is 1. The molecular weight excluding hydrogens is 334 g/mol. The van der Waals surface area contributed by atoms with Crippen molar-refractivity contribution in [3.05, 3.63) is 28.0 Å². The van der Waals surface area contributed by atoms with Gasteiger partial charge in [-0.25, -0.2) is 4.98 Å². The number of aromatic nitrogens is 3. The summed E-state index contributed by atoms with van der Waals surface area (Å²) < 4.78 is 1.87. The summed E-state index contributed by atoms with van der Waals surface area (Å²) >= 11 is 1.51. The van der Waals surface area contributed by atoms with Gasteiger partial charge < -0.3 is 5.32 Å². The summed E-state index contributed by atoms with van der Waals surface area (Å²) in [7, 11) is 1.94. The van der Waals surface area contributed by atoms with Gasteiger partial charge in [0.05, 0.1) is 11.4 Å². The minimum atomic E-state index is 0.0153. The number of aryl methyl sites for hydroxylation is 2. The molecule has 1 saturated heterocycles. The first-order valence-electron chi connectivity index (χ1n) is 8.98. The number of anilines is 1. The van der Waals surface area contributed by atoms with Gasteiger partial charge in [0, 0.05) is 31.1 Å². The van der Waals surface area contributed by atoms with E-state index in [0.29, 0.717) is 18.0 Å². The highest BCUT2D eigenvalue weighted by Gasteiger charge is 2.14. The molecule has 0 saturated carbocycles. The van der Waals surface area contributed by atoms with Crippen LogP contribution in [0.3, 0.4) is 0 Å². The van der Waals surface area contributed by atoms with E-state index in [1.54, 1.807) is 0 Å². The van der Waals surface area contributed by atoms with Crippen LogP contribution in [0.2, 0.25) is 0 Å². The van der Waals surface area contributed by atoms with Crippen molar-refractivity contribution in [2.45, 2.75) is 52.5 Å². The van der Waals surface area contributed by atoms with Gasteiger partial charge in [-0.15, -0.1) is 11.3 Å². The van der Waals surface area contributed by atoms with E-state index in [0.717, 1.165) is 36.7 Å². The van der Waals surface area contributed by atoms with E-state index >= 15 is 0 Å². The van der Waals surface area contributed by atoms with Crippen LogP contribution < -0.4 is 5.32 Å². The molecule has 0 aromatic carbocycles. The Hall–Kier alpha value is -1.73. The molecule has 1 N–H and O–H groups in total. The Morgan fingerprint density at radius 3 is 2.72 bits per heavy atom. The van der Waals surface area contributed by atoms with Gasteiger partial charge >= 0.3 is 0 Å². The van der Waals surface area contributed by atoms with E-state index in [2.05, 4.69) is 25.7 Å². The Labute approximate surface area is 153 Å². The first-order chi connectivity index (χ1) is 12.0. The van der Waals surface area contributed by atoms with Crippen molar-refractivity contribution in [1.82, 2.24) is 19.7 Å². The molecule has 6 nitrogen and oxygen atoms in total. The van der Waals surface area contributed by atoms with E-state index in [4.69, 9.17) is 0 Å². The molecule has 0 atom stereocenters. The molecule has 7 heteroatoms. The molecule has 0 radical (unpaired) electrons. The summed E-state index contributed by atoms with van der Waals surface area (Å²) in [6.07, 6.45) is 5.06. The molecule has 136 valence electrons. The largest absolute Gasteiger partial charge is 0.302 e. The van der Waals surface area contributed by atoms with Gasteiger partial charge in [-0.2, -0.15) is 5.10 Å². The zero-order valence-corrected chi connectivity index (χ0v) is 16.2. The molecule has 3 heterocycles. The van der Waals surface area contributed by atoms with Crippen LogP contribution in [0.25, 0.3) is 0 Å². The molecule has 1 aliphatic heterocycles. The monoisotopic (exact) mass is 361 g/mol. The Bertz CT molecular complexity index is 730. The summed E-state index contributed by atoms with van der Waals surface area (Å²) in [6.45, 7) is 7.24. The Kier molecular flexibility index (Phi) is 5.86. The van der Waals surface area contributed by atoms with Gasteiger partial charge in [0.2, 0.25) is 5.91 Å². The topological polar surface area (TPSA) is 63.1 Å². The third kappa shape index (κ3) is 4.67. The lowest BCUT2D eigenvalue weighted by Crippen LogP contribution is -2.29. The SMILES string of the molecule is Cc1nn(C)c(C)c1CCC(=O)Nc1nc(CN2CCCCC2)cs1. The Morgan fingerprint density at radius 2 is 2.04 bits per heavy atom. The number of likely N-dealkylation sites (tertiary alicyclic amines) is 1. The van der Waals surface area contributed by atoms with Crippen LogP contribution in [0.15, 0.2) is 5.38 Å². The summed E-state index contributed by atoms with van der Waals surface area (Å²) in [4.78, 5) is 19.2. The molecule has 25 heavy (non-hydrogen) atoms. The molecule has 0 bridgehead atoms. The average Bonchev–Trinajstić information content (AvgIpc) is 3.11. The van der Waals surface area contributed by atoms with Gasteiger partial charge in [-0.1, -0.05) is 6.42 Å². The highest BCUT2D eigenvalue weighted by molar-refractivity contribution is 7.13. The van der Waals surface area contributed by atoms with Gasteiger partial charge in [0.1, 0.15) is 0 Å². The van der Waals surface area contributed by atoms with Crippen molar-refractivity contribution in [2.24, 2.45) is 7.05 Å². The number of thiazole rings is 1. The van der Waals surface area contributed by atoms with Crippen LogP contribution >= 0.6 is 11.3 Å². The summed E-state index contributed by atoms with van der Waals surface area (Å²) in [5.74, 6) is 0.0153. The molecule has 1 fully saturated rings. The second-order valence-corrected chi connectivity index (χ2v) is 7.66. The van der Waals surface area contributed by atoms with E-state index in [1.165, 1.54) is 36.2 Å². The number of carbonyl (C=O) groups is 1. The number of carbonyl (C=O) groups excluding carboxylic acids is 1. The number of nitrogens with zero attached hydrogens (tertiary/aromatic N) is 4. The molecular formula is C18H27N5OS. The van der Waals surface area contributed by atoms with E-state index in [1.807, 2.05) is 25.6 Å². The fourth-order valence-corrected chi connectivity index (χ4v) is 4.10. The highest BCUT2D eigenvalue weighted by atomic mass is 32.1. The standard InChI is InChI=1S/C18H27N5OS/c1-13-16(14(2)22(3)21-13)7-8-17(24)20-18-19-15(12-25-18)11-23-9-5-4-6-10-23/h12H,4-11H2,1-3H3,(H,19,20,24). The van der Waals surface area contributed by atoms with Crippen LogP contribution in [0.1, 0.15) is 48.3 Å². The van der Waals surface area contributed by atoms with Crippen LogP contribution in [0, 0.1) is 13.8 Å². The molecule has 1 amide bonds. The minimum absolute atomic E-state index is 0.0153.